The second-order valence-corrected chi connectivity index (χ2v) is 5.47. The molecule has 1 aromatic heterocycles. The molecule has 1 aromatic carbocycles. The first-order valence-corrected chi connectivity index (χ1v) is 7.34. The van der Waals surface area contributed by atoms with Crippen LogP contribution in [0.25, 0.3) is 11.4 Å². The molecule has 1 heterocycles. The summed E-state index contributed by atoms with van der Waals surface area (Å²) in [5.74, 6) is 2.20. The molecule has 0 saturated carbocycles. The lowest BCUT2D eigenvalue weighted by atomic mass is 10.2. The maximum atomic E-state index is 5.23. The molecule has 0 saturated heterocycles. The first-order chi connectivity index (χ1) is 9.15. The summed E-state index contributed by atoms with van der Waals surface area (Å²) in [4.78, 5) is 8.86. The van der Waals surface area contributed by atoms with Gasteiger partial charge in [0, 0.05) is 22.8 Å². The average Bonchev–Trinajstić information content (AvgIpc) is 2.42. The fourth-order valence-electron chi connectivity index (χ4n) is 1.59. The van der Waals surface area contributed by atoms with E-state index in [-0.39, 0.29) is 0 Å². The second-order valence-electron chi connectivity index (χ2n) is 3.77. The van der Waals surface area contributed by atoms with Crippen LogP contribution in [-0.2, 0) is 0 Å². The van der Waals surface area contributed by atoms with E-state index in [1.54, 1.807) is 13.3 Å². The van der Waals surface area contributed by atoms with Crippen molar-refractivity contribution in [2.24, 2.45) is 0 Å². The molecule has 0 fully saturated rings. The highest BCUT2D eigenvalue weighted by Crippen LogP contribution is 2.31. The van der Waals surface area contributed by atoms with Crippen LogP contribution in [0, 0.1) is 0 Å². The van der Waals surface area contributed by atoms with E-state index in [4.69, 9.17) is 4.74 Å². The quantitative estimate of drug-likeness (QED) is 0.858. The van der Waals surface area contributed by atoms with Crippen LogP contribution in [0.1, 0.15) is 6.92 Å². The van der Waals surface area contributed by atoms with Crippen molar-refractivity contribution in [3.8, 4) is 17.1 Å². The summed E-state index contributed by atoms with van der Waals surface area (Å²) >= 11 is 6.94. The number of hydrogen-bond acceptors (Lipinski definition) is 4. The molecule has 100 valence electrons. The topological polar surface area (TPSA) is 47.0 Å². The highest BCUT2D eigenvalue weighted by molar-refractivity contribution is 9.11. The van der Waals surface area contributed by atoms with E-state index >= 15 is 0 Å². The molecule has 2 aromatic rings. The predicted octanol–water partition coefficient (Wildman–Crippen LogP) is 4.11. The molecule has 0 bridgehead atoms. The summed E-state index contributed by atoms with van der Waals surface area (Å²) in [5.41, 5.74) is 0.894. The number of rotatable bonds is 4. The first kappa shape index (κ1) is 14.3. The largest absolute Gasteiger partial charge is 0.497 e. The van der Waals surface area contributed by atoms with Crippen molar-refractivity contribution in [3.63, 3.8) is 0 Å². The van der Waals surface area contributed by atoms with E-state index < -0.39 is 0 Å². The third-order valence-electron chi connectivity index (χ3n) is 2.50. The van der Waals surface area contributed by atoms with E-state index in [9.17, 15) is 0 Å². The zero-order chi connectivity index (χ0) is 13.8. The van der Waals surface area contributed by atoms with Crippen LogP contribution in [0.2, 0.25) is 0 Å². The number of ether oxygens (including phenoxy) is 1. The van der Waals surface area contributed by atoms with Gasteiger partial charge >= 0.3 is 0 Å². The van der Waals surface area contributed by atoms with Gasteiger partial charge in [0.2, 0.25) is 0 Å². The van der Waals surface area contributed by atoms with Gasteiger partial charge in [-0.1, -0.05) is 15.9 Å². The molecule has 19 heavy (non-hydrogen) atoms. The summed E-state index contributed by atoms with van der Waals surface area (Å²) < 4.78 is 7.00. The molecule has 1 N–H and O–H groups in total. The number of aromatic nitrogens is 2. The van der Waals surface area contributed by atoms with E-state index in [1.807, 2.05) is 25.1 Å². The van der Waals surface area contributed by atoms with Gasteiger partial charge in [0.25, 0.3) is 0 Å². The van der Waals surface area contributed by atoms with Crippen LogP contribution in [0.5, 0.6) is 5.75 Å². The van der Waals surface area contributed by atoms with E-state index in [0.717, 1.165) is 32.6 Å². The molecular formula is C13H13Br2N3O. The Hall–Kier alpha value is -1.14. The number of nitrogens with one attached hydrogen (secondary N) is 1. The number of benzene rings is 1. The third-order valence-corrected chi connectivity index (χ3v) is 3.77. The lowest BCUT2D eigenvalue weighted by Crippen LogP contribution is -2.02. The Morgan fingerprint density at radius 3 is 2.74 bits per heavy atom. The van der Waals surface area contributed by atoms with Gasteiger partial charge < -0.3 is 10.1 Å². The molecular weight excluding hydrogens is 374 g/mol. The number of methoxy groups -OCH3 is 1. The van der Waals surface area contributed by atoms with Crippen LogP contribution in [0.4, 0.5) is 5.82 Å². The minimum Gasteiger partial charge on any atom is -0.497 e. The molecule has 0 aliphatic rings. The highest BCUT2D eigenvalue weighted by Gasteiger charge is 2.10. The third kappa shape index (κ3) is 3.25. The normalized spacial score (nSPS) is 10.3. The lowest BCUT2D eigenvalue weighted by molar-refractivity contribution is 0.415. The van der Waals surface area contributed by atoms with Gasteiger partial charge in [-0.3, -0.25) is 0 Å². The lowest BCUT2D eigenvalue weighted by Gasteiger charge is -2.09. The maximum absolute atomic E-state index is 5.23. The Kier molecular flexibility index (Phi) is 4.76. The van der Waals surface area contributed by atoms with Crippen molar-refractivity contribution in [2.45, 2.75) is 6.92 Å². The first-order valence-electron chi connectivity index (χ1n) is 5.76. The average molecular weight is 387 g/mol. The minimum absolute atomic E-state index is 0.643. The number of halogens is 2. The second kappa shape index (κ2) is 6.34. The smallest absolute Gasteiger partial charge is 0.162 e. The zero-order valence-electron chi connectivity index (χ0n) is 10.6. The molecule has 2 rings (SSSR count). The Balaban J connectivity index is 2.49. The van der Waals surface area contributed by atoms with E-state index in [1.165, 1.54) is 0 Å². The summed E-state index contributed by atoms with van der Waals surface area (Å²) in [5, 5.41) is 3.19. The molecule has 0 spiro atoms. The molecule has 0 aliphatic carbocycles. The maximum Gasteiger partial charge on any atom is 0.162 e. The highest BCUT2D eigenvalue weighted by atomic mass is 79.9. The Morgan fingerprint density at radius 2 is 2.05 bits per heavy atom. The van der Waals surface area contributed by atoms with Gasteiger partial charge in [0.1, 0.15) is 11.6 Å². The predicted molar refractivity (Wildman–Crippen MR) is 83.6 cm³/mol. The van der Waals surface area contributed by atoms with Crippen LogP contribution in [0.3, 0.4) is 0 Å². The van der Waals surface area contributed by atoms with Crippen molar-refractivity contribution in [1.82, 2.24) is 9.97 Å². The summed E-state index contributed by atoms with van der Waals surface area (Å²) in [6, 6.07) is 5.72. The number of anilines is 1. The minimum atomic E-state index is 0.643. The van der Waals surface area contributed by atoms with Crippen LogP contribution < -0.4 is 10.1 Å². The van der Waals surface area contributed by atoms with Crippen molar-refractivity contribution >= 4 is 37.7 Å². The van der Waals surface area contributed by atoms with Crippen LogP contribution >= 0.6 is 31.9 Å². The molecule has 0 amide bonds. The summed E-state index contributed by atoms with van der Waals surface area (Å²) in [6.07, 6.45) is 1.74. The van der Waals surface area contributed by atoms with Gasteiger partial charge in [-0.2, -0.15) is 0 Å². The number of nitrogens with zero attached hydrogens (tertiary/aromatic N) is 2. The summed E-state index contributed by atoms with van der Waals surface area (Å²) in [6.45, 7) is 2.82. The Bertz CT molecular complexity index is 590. The van der Waals surface area contributed by atoms with Crippen molar-refractivity contribution in [1.29, 1.82) is 0 Å². The van der Waals surface area contributed by atoms with Crippen molar-refractivity contribution in [3.05, 3.63) is 33.3 Å². The number of hydrogen-bond donors (Lipinski definition) is 1. The molecule has 4 nitrogen and oxygen atoms in total. The SMILES string of the molecule is CCNc1nc(-c2cc(OC)ccc2Br)ncc1Br. The zero-order valence-corrected chi connectivity index (χ0v) is 13.7. The monoisotopic (exact) mass is 385 g/mol. The van der Waals surface area contributed by atoms with Crippen molar-refractivity contribution in [2.75, 3.05) is 19.0 Å². The molecule has 0 atom stereocenters. The van der Waals surface area contributed by atoms with Crippen molar-refractivity contribution < 1.29 is 4.74 Å². The van der Waals surface area contributed by atoms with Gasteiger partial charge in [-0.25, -0.2) is 9.97 Å². The Morgan fingerprint density at radius 1 is 1.26 bits per heavy atom. The summed E-state index contributed by atoms with van der Waals surface area (Å²) in [7, 11) is 1.64. The molecule has 0 unspecified atom stereocenters. The fourth-order valence-corrected chi connectivity index (χ4v) is 2.35. The van der Waals surface area contributed by atoms with Crippen LogP contribution in [0.15, 0.2) is 33.3 Å². The molecule has 0 radical (unpaired) electrons. The standard InChI is InChI=1S/C13H13Br2N3O/c1-3-16-13-11(15)7-17-12(18-13)9-6-8(19-2)4-5-10(9)14/h4-7H,3H2,1-2H3,(H,16,17,18). The fraction of sp³-hybridized carbons (Fsp3) is 0.231. The van der Waals surface area contributed by atoms with E-state index in [2.05, 4.69) is 47.1 Å². The Labute approximate surface area is 128 Å². The molecule has 6 heteroatoms. The van der Waals surface area contributed by atoms with Crippen LogP contribution in [-0.4, -0.2) is 23.6 Å². The van der Waals surface area contributed by atoms with Gasteiger partial charge in [-0.05, 0) is 41.1 Å². The van der Waals surface area contributed by atoms with Gasteiger partial charge in [0.05, 0.1) is 11.6 Å². The van der Waals surface area contributed by atoms with E-state index in [0.29, 0.717) is 5.82 Å². The molecule has 0 aliphatic heterocycles. The van der Waals surface area contributed by atoms with Gasteiger partial charge in [-0.15, -0.1) is 0 Å². The van der Waals surface area contributed by atoms with Gasteiger partial charge in [0.15, 0.2) is 5.82 Å².